The lowest BCUT2D eigenvalue weighted by molar-refractivity contribution is 0.100. The summed E-state index contributed by atoms with van der Waals surface area (Å²) in [6, 6.07) is 14.0. The summed E-state index contributed by atoms with van der Waals surface area (Å²) in [5, 5.41) is 2.75. The Morgan fingerprint density at radius 1 is 1.09 bits per heavy atom. The molecule has 2 amide bonds. The number of benzene rings is 2. The maximum atomic E-state index is 12.5. The monoisotopic (exact) mass is 312 g/mol. The molecular formula is C17H16N2O2S. The van der Waals surface area contributed by atoms with E-state index < -0.39 is 5.91 Å². The van der Waals surface area contributed by atoms with Crippen molar-refractivity contribution in [2.45, 2.75) is 4.90 Å². The van der Waals surface area contributed by atoms with E-state index in [1.165, 1.54) is 11.8 Å². The number of thioether (sulfide) groups is 1. The summed E-state index contributed by atoms with van der Waals surface area (Å²) in [7, 11) is 0. The molecule has 0 atom stereocenters. The number of para-hydroxylation sites is 1. The standard InChI is InChI=1S/C17H16N2O2S/c1-2-11-22-15-10-6-4-8-13(15)17(21)19-14-9-5-3-7-12(14)16(18)20/h2-10H,1,11H2,(H2,18,20)(H,19,21). The van der Waals surface area contributed by atoms with Crippen molar-refractivity contribution >= 4 is 29.3 Å². The van der Waals surface area contributed by atoms with Crippen LogP contribution in [0, 0.1) is 0 Å². The van der Waals surface area contributed by atoms with Gasteiger partial charge >= 0.3 is 0 Å². The molecule has 5 heteroatoms. The van der Waals surface area contributed by atoms with E-state index in [-0.39, 0.29) is 11.5 Å². The first-order valence-corrected chi connectivity index (χ1v) is 7.65. The predicted octanol–water partition coefficient (Wildman–Crippen LogP) is 3.32. The van der Waals surface area contributed by atoms with Crippen LogP contribution in [0.15, 0.2) is 66.1 Å². The third kappa shape index (κ3) is 3.77. The number of hydrogen-bond acceptors (Lipinski definition) is 3. The zero-order valence-corrected chi connectivity index (χ0v) is 12.7. The zero-order chi connectivity index (χ0) is 15.9. The summed E-state index contributed by atoms with van der Waals surface area (Å²) in [5.41, 5.74) is 6.56. The molecule has 0 saturated carbocycles. The van der Waals surface area contributed by atoms with Gasteiger partial charge in [-0.25, -0.2) is 0 Å². The minimum atomic E-state index is -0.579. The van der Waals surface area contributed by atoms with E-state index in [9.17, 15) is 9.59 Å². The van der Waals surface area contributed by atoms with Crippen LogP contribution in [0.5, 0.6) is 0 Å². The lowest BCUT2D eigenvalue weighted by atomic mass is 10.1. The van der Waals surface area contributed by atoms with Gasteiger partial charge in [-0.2, -0.15) is 0 Å². The average Bonchev–Trinajstić information content (AvgIpc) is 2.53. The predicted molar refractivity (Wildman–Crippen MR) is 90.3 cm³/mol. The van der Waals surface area contributed by atoms with Gasteiger partial charge in [-0.1, -0.05) is 30.3 Å². The molecule has 3 N–H and O–H groups in total. The van der Waals surface area contributed by atoms with Crippen LogP contribution in [-0.4, -0.2) is 17.6 Å². The summed E-state index contributed by atoms with van der Waals surface area (Å²) in [5.74, 6) is -0.145. The van der Waals surface area contributed by atoms with Crippen LogP contribution in [0.25, 0.3) is 0 Å². The highest BCUT2D eigenvalue weighted by Crippen LogP contribution is 2.24. The van der Waals surface area contributed by atoms with Crippen LogP contribution in [0.3, 0.4) is 0 Å². The quantitative estimate of drug-likeness (QED) is 0.635. The lowest BCUT2D eigenvalue weighted by Crippen LogP contribution is -2.18. The van der Waals surface area contributed by atoms with Gasteiger partial charge in [0.2, 0.25) is 0 Å². The average molecular weight is 312 g/mol. The molecule has 0 aliphatic rings. The molecule has 0 aromatic heterocycles. The summed E-state index contributed by atoms with van der Waals surface area (Å²) in [6.07, 6.45) is 1.78. The normalized spacial score (nSPS) is 10.0. The third-order valence-corrected chi connectivity index (χ3v) is 4.00. The van der Waals surface area contributed by atoms with E-state index in [1.54, 1.807) is 42.5 Å². The molecule has 4 nitrogen and oxygen atoms in total. The Bertz CT molecular complexity index is 713. The van der Waals surface area contributed by atoms with Crippen molar-refractivity contribution < 1.29 is 9.59 Å². The minimum Gasteiger partial charge on any atom is -0.366 e. The molecule has 0 aliphatic carbocycles. The zero-order valence-electron chi connectivity index (χ0n) is 11.9. The number of nitrogens with one attached hydrogen (secondary N) is 1. The molecule has 2 rings (SSSR count). The fourth-order valence-electron chi connectivity index (χ4n) is 1.93. The molecular weight excluding hydrogens is 296 g/mol. The van der Waals surface area contributed by atoms with E-state index in [2.05, 4.69) is 11.9 Å². The Labute approximate surface area is 133 Å². The van der Waals surface area contributed by atoms with Crippen molar-refractivity contribution in [1.82, 2.24) is 0 Å². The molecule has 0 saturated heterocycles. The van der Waals surface area contributed by atoms with E-state index in [0.717, 1.165) is 4.90 Å². The van der Waals surface area contributed by atoms with Crippen LogP contribution in [0.2, 0.25) is 0 Å². The Balaban J connectivity index is 2.27. The van der Waals surface area contributed by atoms with Crippen molar-refractivity contribution in [3.63, 3.8) is 0 Å². The van der Waals surface area contributed by atoms with Crippen LogP contribution in [0.4, 0.5) is 5.69 Å². The van der Waals surface area contributed by atoms with Crippen molar-refractivity contribution in [3.05, 3.63) is 72.3 Å². The first-order valence-electron chi connectivity index (χ1n) is 6.66. The summed E-state index contributed by atoms with van der Waals surface area (Å²) in [4.78, 5) is 24.7. The third-order valence-electron chi connectivity index (χ3n) is 2.93. The molecule has 0 aliphatic heterocycles. The molecule has 0 heterocycles. The second-order valence-corrected chi connectivity index (χ2v) is 5.52. The van der Waals surface area contributed by atoms with Crippen molar-refractivity contribution in [2.24, 2.45) is 5.73 Å². The van der Waals surface area contributed by atoms with E-state index >= 15 is 0 Å². The molecule has 0 radical (unpaired) electrons. The maximum Gasteiger partial charge on any atom is 0.256 e. The molecule has 0 fully saturated rings. The highest BCUT2D eigenvalue weighted by molar-refractivity contribution is 7.99. The first kappa shape index (κ1) is 15.9. The number of hydrogen-bond donors (Lipinski definition) is 2. The summed E-state index contributed by atoms with van der Waals surface area (Å²) in [6.45, 7) is 3.68. The number of nitrogens with two attached hydrogens (primary N) is 1. The van der Waals surface area contributed by atoms with Crippen LogP contribution in [0.1, 0.15) is 20.7 Å². The van der Waals surface area contributed by atoms with Gasteiger partial charge in [0.15, 0.2) is 0 Å². The number of anilines is 1. The van der Waals surface area contributed by atoms with Crippen LogP contribution in [-0.2, 0) is 0 Å². The molecule has 2 aromatic rings. The van der Waals surface area contributed by atoms with Gasteiger partial charge < -0.3 is 11.1 Å². The van der Waals surface area contributed by atoms with Crippen molar-refractivity contribution in [3.8, 4) is 0 Å². The lowest BCUT2D eigenvalue weighted by Gasteiger charge is -2.11. The summed E-state index contributed by atoms with van der Waals surface area (Å²) >= 11 is 1.53. The first-order chi connectivity index (χ1) is 10.6. The van der Waals surface area contributed by atoms with Gasteiger partial charge in [0.1, 0.15) is 0 Å². The van der Waals surface area contributed by atoms with Gasteiger partial charge in [-0.3, -0.25) is 9.59 Å². The number of carbonyl (C=O) groups is 2. The molecule has 0 unspecified atom stereocenters. The Hall–Kier alpha value is -2.53. The Kier molecular flexibility index (Phi) is 5.38. The number of carbonyl (C=O) groups excluding carboxylic acids is 2. The van der Waals surface area contributed by atoms with Crippen molar-refractivity contribution in [2.75, 3.05) is 11.1 Å². The van der Waals surface area contributed by atoms with E-state index in [1.807, 2.05) is 12.1 Å². The SMILES string of the molecule is C=CCSc1ccccc1C(=O)Nc1ccccc1C(N)=O. The minimum absolute atomic E-state index is 0.277. The maximum absolute atomic E-state index is 12.5. The Morgan fingerprint density at radius 3 is 2.41 bits per heavy atom. The highest BCUT2D eigenvalue weighted by Gasteiger charge is 2.14. The molecule has 22 heavy (non-hydrogen) atoms. The van der Waals surface area contributed by atoms with E-state index in [4.69, 9.17) is 5.73 Å². The van der Waals surface area contributed by atoms with Gasteiger partial charge in [-0.05, 0) is 24.3 Å². The van der Waals surface area contributed by atoms with Gasteiger partial charge in [-0.15, -0.1) is 18.3 Å². The number of primary amides is 1. The second kappa shape index (κ2) is 7.47. The van der Waals surface area contributed by atoms with Crippen molar-refractivity contribution in [1.29, 1.82) is 0 Å². The second-order valence-electron chi connectivity index (χ2n) is 4.46. The van der Waals surface area contributed by atoms with Crippen LogP contribution >= 0.6 is 11.8 Å². The highest BCUT2D eigenvalue weighted by atomic mass is 32.2. The van der Waals surface area contributed by atoms with Gasteiger partial charge in [0, 0.05) is 10.6 Å². The van der Waals surface area contributed by atoms with E-state index in [0.29, 0.717) is 17.0 Å². The summed E-state index contributed by atoms with van der Waals surface area (Å²) < 4.78 is 0. The number of amides is 2. The van der Waals surface area contributed by atoms with Crippen LogP contribution < -0.4 is 11.1 Å². The molecule has 2 aromatic carbocycles. The number of rotatable bonds is 6. The fourth-order valence-corrected chi connectivity index (χ4v) is 2.71. The largest absolute Gasteiger partial charge is 0.366 e. The fraction of sp³-hybridized carbons (Fsp3) is 0.0588. The van der Waals surface area contributed by atoms with Gasteiger partial charge in [0.25, 0.3) is 11.8 Å². The molecule has 0 bridgehead atoms. The van der Waals surface area contributed by atoms with Gasteiger partial charge in [0.05, 0.1) is 16.8 Å². The molecule has 112 valence electrons. The Morgan fingerprint density at radius 2 is 1.73 bits per heavy atom. The molecule has 0 spiro atoms. The smallest absolute Gasteiger partial charge is 0.256 e. The topological polar surface area (TPSA) is 72.2 Å².